The molecule has 0 spiro atoms. The Morgan fingerprint density at radius 2 is 1.81 bits per heavy atom. The van der Waals surface area contributed by atoms with Crippen molar-refractivity contribution < 1.29 is 19.0 Å². The van der Waals surface area contributed by atoms with Gasteiger partial charge in [-0.1, -0.05) is 0 Å². The molecule has 0 unspecified atom stereocenters. The van der Waals surface area contributed by atoms with Crippen molar-refractivity contribution in [2.75, 3.05) is 26.6 Å². The van der Waals surface area contributed by atoms with Crippen molar-refractivity contribution in [1.29, 1.82) is 0 Å². The highest BCUT2D eigenvalue weighted by Gasteiger charge is 2.16. The van der Waals surface area contributed by atoms with Gasteiger partial charge in [-0.05, 0) is 35.9 Å². The van der Waals surface area contributed by atoms with Gasteiger partial charge in [0, 0.05) is 18.6 Å². The molecule has 1 N–H and O–H groups in total. The summed E-state index contributed by atoms with van der Waals surface area (Å²) in [5.41, 5.74) is 1.30. The first kappa shape index (κ1) is 18.2. The molecule has 1 aromatic carbocycles. The number of aromatic nitrogens is 3. The van der Waals surface area contributed by atoms with Crippen molar-refractivity contribution in [3.8, 4) is 23.1 Å². The molecule has 8 heteroatoms. The zero-order chi connectivity index (χ0) is 19.2. The van der Waals surface area contributed by atoms with Gasteiger partial charge in [-0.25, -0.2) is 9.67 Å². The molecule has 27 heavy (non-hydrogen) atoms. The summed E-state index contributed by atoms with van der Waals surface area (Å²) in [5.74, 6) is 1.82. The number of hydrogen-bond acceptors (Lipinski definition) is 6. The summed E-state index contributed by atoms with van der Waals surface area (Å²) in [7, 11) is 4.60. The minimum absolute atomic E-state index is 0.129. The molecule has 1 amide bonds. The highest BCUT2D eigenvalue weighted by Crippen LogP contribution is 2.38. The van der Waals surface area contributed by atoms with Gasteiger partial charge in [0.15, 0.2) is 17.3 Å². The van der Waals surface area contributed by atoms with Crippen LogP contribution >= 0.6 is 0 Å². The van der Waals surface area contributed by atoms with Crippen LogP contribution in [0.3, 0.4) is 0 Å². The summed E-state index contributed by atoms with van der Waals surface area (Å²) < 4.78 is 17.6. The Morgan fingerprint density at radius 1 is 1.07 bits per heavy atom. The van der Waals surface area contributed by atoms with Gasteiger partial charge < -0.3 is 19.5 Å². The van der Waals surface area contributed by atoms with Crippen LogP contribution in [-0.2, 0) is 11.2 Å². The van der Waals surface area contributed by atoms with Gasteiger partial charge in [0.1, 0.15) is 0 Å². The van der Waals surface area contributed by atoms with E-state index in [0.717, 1.165) is 5.56 Å². The van der Waals surface area contributed by atoms with Crippen molar-refractivity contribution in [3.05, 3.63) is 54.5 Å². The quantitative estimate of drug-likeness (QED) is 0.689. The molecular formula is C19H20N4O4. The Kier molecular flexibility index (Phi) is 5.55. The van der Waals surface area contributed by atoms with E-state index in [1.165, 1.54) is 21.3 Å². The Morgan fingerprint density at radius 3 is 2.41 bits per heavy atom. The van der Waals surface area contributed by atoms with Crippen molar-refractivity contribution in [2.45, 2.75) is 6.42 Å². The SMILES string of the molecule is COc1cc(CC(=O)Nc2cccnc2-n2cccn2)cc(OC)c1OC. The standard InChI is InChI=1S/C19H20N4O4/c1-25-15-10-13(11-16(26-2)18(15)27-3)12-17(24)22-14-6-4-7-20-19(14)23-9-5-8-21-23/h4-11H,12H2,1-3H3,(H,22,24). The van der Waals surface area contributed by atoms with Crippen LogP contribution < -0.4 is 19.5 Å². The molecule has 0 aliphatic heterocycles. The monoisotopic (exact) mass is 368 g/mol. The molecule has 3 aromatic rings. The predicted molar refractivity (Wildman–Crippen MR) is 99.8 cm³/mol. The third kappa shape index (κ3) is 4.00. The highest BCUT2D eigenvalue weighted by atomic mass is 16.5. The minimum atomic E-state index is -0.203. The van der Waals surface area contributed by atoms with Crippen LogP contribution in [0.2, 0.25) is 0 Å². The molecule has 0 atom stereocenters. The molecule has 0 aliphatic rings. The number of nitrogens with one attached hydrogen (secondary N) is 1. The summed E-state index contributed by atoms with van der Waals surface area (Å²) in [6, 6.07) is 8.81. The van der Waals surface area contributed by atoms with Crippen LogP contribution in [0.5, 0.6) is 17.2 Å². The Hall–Kier alpha value is -3.55. The van der Waals surface area contributed by atoms with Gasteiger partial charge in [-0.3, -0.25) is 4.79 Å². The first-order valence-electron chi connectivity index (χ1n) is 8.20. The van der Waals surface area contributed by atoms with E-state index in [1.54, 1.807) is 53.6 Å². The van der Waals surface area contributed by atoms with Crippen LogP contribution in [0, 0.1) is 0 Å². The lowest BCUT2D eigenvalue weighted by Gasteiger charge is -2.14. The molecule has 8 nitrogen and oxygen atoms in total. The maximum Gasteiger partial charge on any atom is 0.228 e. The lowest BCUT2D eigenvalue weighted by Crippen LogP contribution is -2.17. The van der Waals surface area contributed by atoms with E-state index in [9.17, 15) is 4.79 Å². The summed E-state index contributed by atoms with van der Waals surface area (Å²) in [5, 5.41) is 7.03. The normalized spacial score (nSPS) is 10.3. The minimum Gasteiger partial charge on any atom is -0.493 e. The van der Waals surface area contributed by atoms with Gasteiger partial charge >= 0.3 is 0 Å². The number of nitrogens with zero attached hydrogens (tertiary/aromatic N) is 3. The topological polar surface area (TPSA) is 87.5 Å². The third-order valence-electron chi connectivity index (χ3n) is 3.87. The fraction of sp³-hybridized carbons (Fsp3) is 0.211. The number of carbonyl (C=O) groups excluding carboxylic acids is 1. The first-order valence-corrected chi connectivity index (χ1v) is 8.20. The molecule has 2 heterocycles. The van der Waals surface area contributed by atoms with Crippen molar-refractivity contribution in [3.63, 3.8) is 0 Å². The molecule has 3 rings (SSSR count). The van der Waals surface area contributed by atoms with E-state index in [1.807, 2.05) is 0 Å². The largest absolute Gasteiger partial charge is 0.493 e. The molecular weight excluding hydrogens is 348 g/mol. The number of hydrogen-bond donors (Lipinski definition) is 1. The number of amides is 1. The second kappa shape index (κ2) is 8.22. The summed E-state index contributed by atoms with van der Waals surface area (Å²) in [4.78, 5) is 16.9. The maximum atomic E-state index is 12.6. The van der Waals surface area contributed by atoms with Crippen LogP contribution in [0.4, 0.5) is 5.69 Å². The van der Waals surface area contributed by atoms with Gasteiger partial charge in [-0.15, -0.1) is 0 Å². The third-order valence-corrected chi connectivity index (χ3v) is 3.87. The molecule has 0 saturated heterocycles. The van der Waals surface area contributed by atoms with Crippen LogP contribution in [0.15, 0.2) is 48.9 Å². The maximum absolute atomic E-state index is 12.6. The molecule has 0 aliphatic carbocycles. The van der Waals surface area contributed by atoms with Crippen molar-refractivity contribution in [2.24, 2.45) is 0 Å². The number of anilines is 1. The number of benzene rings is 1. The fourth-order valence-electron chi connectivity index (χ4n) is 2.69. The first-order chi connectivity index (χ1) is 13.2. The van der Waals surface area contributed by atoms with Crippen LogP contribution in [0.25, 0.3) is 5.82 Å². The zero-order valence-corrected chi connectivity index (χ0v) is 15.3. The average molecular weight is 368 g/mol. The number of methoxy groups -OCH3 is 3. The van der Waals surface area contributed by atoms with Crippen LogP contribution in [0.1, 0.15) is 5.56 Å². The molecule has 0 saturated carbocycles. The smallest absolute Gasteiger partial charge is 0.228 e. The van der Waals surface area contributed by atoms with E-state index >= 15 is 0 Å². The van der Waals surface area contributed by atoms with E-state index < -0.39 is 0 Å². The lowest BCUT2D eigenvalue weighted by atomic mass is 10.1. The molecule has 2 aromatic heterocycles. The Balaban J connectivity index is 1.81. The van der Waals surface area contributed by atoms with Gasteiger partial charge in [0.2, 0.25) is 11.7 Å². The summed E-state index contributed by atoms with van der Waals surface area (Å²) >= 11 is 0. The number of carbonyl (C=O) groups is 1. The van der Waals surface area contributed by atoms with Crippen LogP contribution in [-0.4, -0.2) is 42.0 Å². The summed E-state index contributed by atoms with van der Waals surface area (Å²) in [6.07, 6.45) is 5.18. The summed E-state index contributed by atoms with van der Waals surface area (Å²) in [6.45, 7) is 0. The van der Waals surface area contributed by atoms with E-state index in [4.69, 9.17) is 14.2 Å². The van der Waals surface area contributed by atoms with E-state index in [2.05, 4.69) is 15.4 Å². The molecule has 0 fully saturated rings. The molecule has 0 radical (unpaired) electrons. The second-order valence-electron chi connectivity index (χ2n) is 5.58. The number of ether oxygens (including phenoxy) is 3. The lowest BCUT2D eigenvalue weighted by molar-refractivity contribution is -0.115. The van der Waals surface area contributed by atoms with E-state index in [-0.39, 0.29) is 12.3 Å². The number of pyridine rings is 1. The fourth-order valence-corrected chi connectivity index (χ4v) is 2.69. The zero-order valence-electron chi connectivity index (χ0n) is 15.3. The van der Waals surface area contributed by atoms with Gasteiger partial charge in [0.25, 0.3) is 0 Å². The average Bonchev–Trinajstić information content (AvgIpc) is 3.22. The molecule has 140 valence electrons. The van der Waals surface area contributed by atoms with Crippen molar-refractivity contribution >= 4 is 11.6 Å². The highest BCUT2D eigenvalue weighted by molar-refractivity contribution is 5.93. The second-order valence-corrected chi connectivity index (χ2v) is 5.58. The molecule has 0 bridgehead atoms. The van der Waals surface area contributed by atoms with Crippen molar-refractivity contribution in [1.82, 2.24) is 14.8 Å². The Labute approximate surface area is 156 Å². The van der Waals surface area contributed by atoms with E-state index in [0.29, 0.717) is 28.8 Å². The van der Waals surface area contributed by atoms with Gasteiger partial charge in [0.05, 0.1) is 33.4 Å². The van der Waals surface area contributed by atoms with Gasteiger partial charge in [-0.2, -0.15) is 5.10 Å². The Bertz CT molecular complexity index is 900. The number of rotatable bonds is 7. The predicted octanol–water partition coefficient (Wildman–Crippen LogP) is 2.47.